The molecule has 1 N–H and O–H groups in total. The van der Waals surface area contributed by atoms with E-state index in [2.05, 4.69) is 9.71 Å². The van der Waals surface area contributed by atoms with Gasteiger partial charge in [-0.1, -0.05) is 0 Å². The molecule has 1 saturated heterocycles. The van der Waals surface area contributed by atoms with E-state index in [1.165, 1.54) is 12.1 Å². The first-order valence-corrected chi connectivity index (χ1v) is 10.4. The fourth-order valence-corrected chi connectivity index (χ4v) is 4.67. The zero-order chi connectivity index (χ0) is 18.1. The molecule has 0 spiro atoms. The quantitative estimate of drug-likeness (QED) is 0.833. The van der Waals surface area contributed by atoms with E-state index in [1.54, 1.807) is 24.7 Å². The van der Waals surface area contributed by atoms with Crippen LogP contribution in [0.1, 0.15) is 36.0 Å². The molecule has 1 amide bonds. The van der Waals surface area contributed by atoms with Crippen LogP contribution in [0, 0.1) is 0 Å². The van der Waals surface area contributed by atoms with Crippen LogP contribution in [-0.2, 0) is 16.6 Å². The van der Waals surface area contributed by atoms with Crippen molar-refractivity contribution >= 4 is 15.9 Å². The van der Waals surface area contributed by atoms with Crippen LogP contribution in [0.25, 0.3) is 0 Å². The molecule has 1 aromatic carbocycles. The van der Waals surface area contributed by atoms with E-state index in [1.807, 2.05) is 15.7 Å². The average Bonchev–Trinajstić information content (AvgIpc) is 3.11. The second kappa shape index (κ2) is 6.85. The normalized spacial score (nSPS) is 20.5. The molecule has 0 radical (unpaired) electrons. The highest BCUT2D eigenvalue weighted by atomic mass is 32.2. The molecular formula is C18H22N4O3S. The van der Waals surface area contributed by atoms with Gasteiger partial charge in [-0.05, 0) is 49.9 Å². The van der Waals surface area contributed by atoms with Crippen LogP contribution in [0.3, 0.4) is 0 Å². The molecule has 1 aliphatic heterocycles. The van der Waals surface area contributed by atoms with E-state index >= 15 is 0 Å². The first-order valence-electron chi connectivity index (χ1n) is 8.92. The molecule has 138 valence electrons. The SMILES string of the molecule is O=C(c1ccc(S(=O)(=O)NC2CC2)cc1)N1CCC[C@@H]1Cn1ccnc1. The molecule has 7 nitrogen and oxygen atoms in total. The van der Waals surface area contributed by atoms with E-state index < -0.39 is 10.0 Å². The van der Waals surface area contributed by atoms with Crippen molar-refractivity contribution in [1.29, 1.82) is 0 Å². The molecule has 1 aromatic heterocycles. The van der Waals surface area contributed by atoms with E-state index in [0.717, 1.165) is 38.8 Å². The number of imidazole rings is 1. The average molecular weight is 374 g/mol. The molecule has 4 rings (SSSR count). The second-order valence-corrected chi connectivity index (χ2v) is 8.69. The van der Waals surface area contributed by atoms with Gasteiger partial charge in [0.15, 0.2) is 0 Å². The van der Waals surface area contributed by atoms with Crippen molar-refractivity contribution in [3.8, 4) is 0 Å². The monoisotopic (exact) mass is 374 g/mol. The van der Waals surface area contributed by atoms with Crippen molar-refractivity contribution < 1.29 is 13.2 Å². The molecule has 1 atom stereocenters. The summed E-state index contributed by atoms with van der Waals surface area (Å²) >= 11 is 0. The number of carbonyl (C=O) groups is 1. The van der Waals surface area contributed by atoms with Gasteiger partial charge in [-0.25, -0.2) is 18.1 Å². The van der Waals surface area contributed by atoms with Crippen LogP contribution in [0.2, 0.25) is 0 Å². The first kappa shape index (κ1) is 17.2. The fourth-order valence-electron chi connectivity index (χ4n) is 3.36. The van der Waals surface area contributed by atoms with Crippen molar-refractivity contribution in [3.63, 3.8) is 0 Å². The maximum Gasteiger partial charge on any atom is 0.254 e. The third kappa shape index (κ3) is 3.66. The maximum absolute atomic E-state index is 12.9. The highest BCUT2D eigenvalue weighted by molar-refractivity contribution is 7.89. The molecule has 26 heavy (non-hydrogen) atoms. The van der Waals surface area contributed by atoms with Crippen molar-refractivity contribution in [2.24, 2.45) is 0 Å². The minimum atomic E-state index is -3.49. The van der Waals surface area contributed by atoms with Gasteiger partial charge in [0.2, 0.25) is 10.0 Å². The number of carbonyl (C=O) groups excluding carboxylic acids is 1. The lowest BCUT2D eigenvalue weighted by atomic mass is 10.1. The summed E-state index contributed by atoms with van der Waals surface area (Å²) in [5, 5.41) is 0. The van der Waals surface area contributed by atoms with Gasteiger partial charge < -0.3 is 9.47 Å². The summed E-state index contributed by atoms with van der Waals surface area (Å²) in [6.07, 6.45) is 9.10. The van der Waals surface area contributed by atoms with Crippen LogP contribution in [-0.4, -0.2) is 47.4 Å². The number of rotatable bonds is 6. The topological polar surface area (TPSA) is 84.3 Å². The Kier molecular flexibility index (Phi) is 4.54. The molecule has 2 heterocycles. The van der Waals surface area contributed by atoms with E-state index in [-0.39, 0.29) is 22.9 Å². The predicted octanol–water partition coefficient (Wildman–Crippen LogP) is 1.63. The Morgan fingerprint density at radius 3 is 2.62 bits per heavy atom. The summed E-state index contributed by atoms with van der Waals surface area (Å²) in [4.78, 5) is 19.0. The molecule has 8 heteroatoms. The summed E-state index contributed by atoms with van der Waals surface area (Å²) in [6, 6.07) is 6.44. The Bertz CT molecular complexity index is 874. The smallest absolute Gasteiger partial charge is 0.254 e. The molecule has 1 aliphatic carbocycles. The lowest BCUT2D eigenvalue weighted by Crippen LogP contribution is -2.38. The third-order valence-electron chi connectivity index (χ3n) is 4.93. The molecule has 0 bridgehead atoms. The lowest BCUT2D eigenvalue weighted by Gasteiger charge is -2.25. The number of sulfonamides is 1. The highest BCUT2D eigenvalue weighted by Gasteiger charge is 2.30. The minimum absolute atomic E-state index is 0.0493. The molecular weight excluding hydrogens is 352 g/mol. The van der Waals surface area contributed by atoms with Gasteiger partial charge in [0.25, 0.3) is 5.91 Å². The first-order chi connectivity index (χ1) is 12.5. The van der Waals surface area contributed by atoms with Gasteiger partial charge in [-0.15, -0.1) is 0 Å². The number of likely N-dealkylation sites (tertiary alicyclic amines) is 1. The standard InChI is InChI=1S/C18H22N4O3S/c23-18(22-10-1-2-16(22)12-21-11-9-19-13-21)14-3-7-17(8-4-14)26(24,25)20-15-5-6-15/h3-4,7-9,11,13,15-16,20H,1-2,5-6,10,12H2/t16-/m1/s1. The molecule has 2 aliphatic rings. The van der Waals surface area contributed by atoms with E-state index in [0.29, 0.717) is 5.56 Å². The number of nitrogens with zero attached hydrogens (tertiary/aromatic N) is 3. The summed E-state index contributed by atoms with van der Waals surface area (Å²) < 4.78 is 29.1. The summed E-state index contributed by atoms with van der Waals surface area (Å²) in [5.74, 6) is -0.0493. The number of amides is 1. The van der Waals surface area contributed by atoms with Crippen LogP contribution < -0.4 is 4.72 Å². The van der Waals surface area contributed by atoms with Crippen molar-refractivity contribution in [2.45, 2.75) is 49.2 Å². The van der Waals surface area contributed by atoms with Gasteiger partial charge in [0.1, 0.15) is 0 Å². The van der Waals surface area contributed by atoms with Crippen LogP contribution >= 0.6 is 0 Å². The van der Waals surface area contributed by atoms with Crippen LogP contribution in [0.15, 0.2) is 47.9 Å². The van der Waals surface area contributed by atoms with Crippen LogP contribution in [0.4, 0.5) is 0 Å². The van der Waals surface area contributed by atoms with Crippen molar-refractivity contribution in [3.05, 3.63) is 48.5 Å². The lowest BCUT2D eigenvalue weighted by molar-refractivity contribution is 0.0724. The summed E-state index contributed by atoms with van der Waals surface area (Å²) in [6.45, 7) is 1.45. The van der Waals surface area contributed by atoms with Gasteiger partial charge >= 0.3 is 0 Å². The van der Waals surface area contributed by atoms with Gasteiger partial charge in [-0.2, -0.15) is 0 Å². The second-order valence-electron chi connectivity index (χ2n) is 6.97. The third-order valence-corrected chi connectivity index (χ3v) is 6.47. The highest BCUT2D eigenvalue weighted by Crippen LogP contribution is 2.24. The predicted molar refractivity (Wildman–Crippen MR) is 96.1 cm³/mol. The van der Waals surface area contributed by atoms with Gasteiger partial charge in [0, 0.05) is 43.1 Å². The zero-order valence-corrected chi connectivity index (χ0v) is 15.2. The molecule has 1 saturated carbocycles. The number of hydrogen-bond donors (Lipinski definition) is 1. The van der Waals surface area contributed by atoms with Gasteiger partial charge in [-0.3, -0.25) is 4.79 Å². The number of benzene rings is 1. The Morgan fingerprint density at radius 1 is 1.19 bits per heavy atom. The van der Waals surface area contributed by atoms with Crippen LogP contribution in [0.5, 0.6) is 0 Å². The summed E-state index contributed by atoms with van der Waals surface area (Å²) in [7, 11) is -3.49. The minimum Gasteiger partial charge on any atom is -0.335 e. The maximum atomic E-state index is 12.9. The number of hydrogen-bond acceptors (Lipinski definition) is 4. The molecule has 2 fully saturated rings. The fraction of sp³-hybridized carbons (Fsp3) is 0.444. The summed E-state index contributed by atoms with van der Waals surface area (Å²) in [5.41, 5.74) is 0.521. The van der Waals surface area contributed by atoms with E-state index in [4.69, 9.17) is 0 Å². The Balaban J connectivity index is 1.47. The Hall–Kier alpha value is -2.19. The van der Waals surface area contributed by atoms with Crippen molar-refractivity contribution in [2.75, 3.05) is 6.54 Å². The number of nitrogens with one attached hydrogen (secondary N) is 1. The molecule has 0 unspecified atom stereocenters. The Labute approximate surface area is 153 Å². The van der Waals surface area contributed by atoms with Gasteiger partial charge in [0.05, 0.1) is 11.2 Å². The zero-order valence-electron chi connectivity index (χ0n) is 14.4. The largest absolute Gasteiger partial charge is 0.335 e. The number of aromatic nitrogens is 2. The Morgan fingerprint density at radius 2 is 1.96 bits per heavy atom. The molecule has 2 aromatic rings. The van der Waals surface area contributed by atoms with Crippen molar-refractivity contribution in [1.82, 2.24) is 19.2 Å². The van der Waals surface area contributed by atoms with E-state index in [9.17, 15) is 13.2 Å².